The zero-order chi connectivity index (χ0) is 20.2. The molecule has 1 aromatic carbocycles. The number of carbonyl (C=O) groups excluding carboxylic acids is 3. The highest BCUT2D eigenvalue weighted by Gasteiger charge is 2.37. The first-order valence-corrected chi connectivity index (χ1v) is 9.65. The van der Waals surface area contributed by atoms with Crippen molar-refractivity contribution in [1.29, 1.82) is 0 Å². The van der Waals surface area contributed by atoms with E-state index in [0.29, 0.717) is 18.7 Å². The lowest BCUT2D eigenvalue weighted by molar-refractivity contribution is -0.133. The molecule has 2 aliphatic heterocycles. The maximum Gasteiger partial charge on any atom is 0.263 e. The zero-order valence-electron chi connectivity index (χ0n) is 16.0. The van der Waals surface area contributed by atoms with Crippen LogP contribution in [0.4, 0.5) is 0 Å². The van der Waals surface area contributed by atoms with Gasteiger partial charge < -0.3 is 4.90 Å². The molecular weight excluding hydrogens is 368 g/mol. The van der Waals surface area contributed by atoms with Gasteiger partial charge in [0, 0.05) is 45.1 Å². The summed E-state index contributed by atoms with van der Waals surface area (Å²) >= 11 is 0. The van der Waals surface area contributed by atoms with Crippen LogP contribution in [0.25, 0.3) is 6.08 Å². The summed E-state index contributed by atoms with van der Waals surface area (Å²) in [6.45, 7) is 3.29. The minimum Gasteiger partial charge on any atom is -0.339 e. The highest BCUT2D eigenvalue weighted by molar-refractivity contribution is 6.22. The van der Waals surface area contributed by atoms with Gasteiger partial charge in [0.1, 0.15) is 6.54 Å². The van der Waals surface area contributed by atoms with Gasteiger partial charge in [0.15, 0.2) is 0 Å². The van der Waals surface area contributed by atoms with E-state index >= 15 is 0 Å². The Labute approximate surface area is 169 Å². The molecule has 0 unspecified atom stereocenters. The Hall–Kier alpha value is -3.32. The molecule has 29 heavy (non-hydrogen) atoms. The Morgan fingerprint density at radius 3 is 2.41 bits per heavy atom. The minimum absolute atomic E-state index is 0.202. The fraction of sp³-hybridized carbons (Fsp3) is 0.273. The van der Waals surface area contributed by atoms with Crippen LogP contribution < -0.4 is 0 Å². The van der Waals surface area contributed by atoms with E-state index in [9.17, 15) is 14.4 Å². The molecule has 0 saturated carbocycles. The first-order chi connectivity index (χ1) is 14.1. The van der Waals surface area contributed by atoms with Crippen molar-refractivity contribution >= 4 is 23.8 Å². The van der Waals surface area contributed by atoms with Crippen LogP contribution in [-0.2, 0) is 4.79 Å². The Morgan fingerprint density at radius 2 is 1.69 bits per heavy atom. The second-order valence-electron chi connectivity index (χ2n) is 7.11. The van der Waals surface area contributed by atoms with Gasteiger partial charge in [-0.15, -0.1) is 0 Å². The fourth-order valence-corrected chi connectivity index (χ4v) is 3.60. The number of piperazine rings is 1. The first kappa shape index (κ1) is 19.0. The molecule has 1 aromatic heterocycles. The molecule has 4 rings (SSSR count). The quantitative estimate of drug-likeness (QED) is 0.724. The van der Waals surface area contributed by atoms with Crippen molar-refractivity contribution in [2.75, 3.05) is 39.3 Å². The third-order valence-electron chi connectivity index (χ3n) is 5.26. The molecule has 2 aromatic rings. The largest absolute Gasteiger partial charge is 0.339 e. The van der Waals surface area contributed by atoms with Crippen molar-refractivity contribution in [1.82, 2.24) is 19.7 Å². The number of amides is 3. The normalized spacial score (nSPS) is 17.2. The summed E-state index contributed by atoms with van der Waals surface area (Å²) in [5.74, 6) is -1.08. The second kappa shape index (κ2) is 8.36. The molecule has 0 atom stereocenters. The topological polar surface area (TPSA) is 73.8 Å². The van der Waals surface area contributed by atoms with Gasteiger partial charge in [0.25, 0.3) is 11.8 Å². The molecule has 7 heteroatoms. The average Bonchev–Trinajstić information content (AvgIpc) is 3.00. The lowest BCUT2D eigenvalue weighted by atomic mass is 10.2. The average molecular weight is 390 g/mol. The molecular formula is C22H22N4O3. The predicted molar refractivity (Wildman–Crippen MR) is 108 cm³/mol. The van der Waals surface area contributed by atoms with E-state index in [1.165, 1.54) is 18.5 Å². The van der Waals surface area contributed by atoms with Crippen LogP contribution >= 0.6 is 0 Å². The maximum absolute atomic E-state index is 12.6. The Morgan fingerprint density at radius 1 is 0.966 bits per heavy atom. The van der Waals surface area contributed by atoms with E-state index in [0.717, 1.165) is 30.1 Å². The van der Waals surface area contributed by atoms with Crippen LogP contribution in [-0.4, -0.2) is 76.7 Å². The van der Waals surface area contributed by atoms with Crippen molar-refractivity contribution in [3.8, 4) is 0 Å². The van der Waals surface area contributed by atoms with Crippen molar-refractivity contribution in [3.63, 3.8) is 0 Å². The van der Waals surface area contributed by atoms with E-state index in [1.54, 1.807) is 4.90 Å². The number of aromatic nitrogens is 1. The monoisotopic (exact) mass is 390 g/mol. The summed E-state index contributed by atoms with van der Waals surface area (Å²) in [6.07, 6.45) is 7.07. The summed E-state index contributed by atoms with van der Waals surface area (Å²) in [6, 6.07) is 11.6. The van der Waals surface area contributed by atoms with E-state index in [-0.39, 0.29) is 18.0 Å². The van der Waals surface area contributed by atoms with Crippen molar-refractivity contribution in [2.24, 2.45) is 0 Å². The Kier molecular flexibility index (Phi) is 5.48. The third kappa shape index (κ3) is 4.09. The summed E-state index contributed by atoms with van der Waals surface area (Å²) in [7, 11) is 0. The predicted octanol–water partition coefficient (Wildman–Crippen LogP) is 1.54. The molecule has 0 spiro atoms. The lowest BCUT2D eigenvalue weighted by Gasteiger charge is -2.34. The summed E-state index contributed by atoms with van der Waals surface area (Å²) in [5, 5.41) is 0. The lowest BCUT2D eigenvalue weighted by Crippen LogP contribution is -2.51. The Balaban J connectivity index is 1.27. The number of rotatable bonds is 5. The summed E-state index contributed by atoms with van der Waals surface area (Å²) in [4.78, 5) is 46.3. The van der Waals surface area contributed by atoms with E-state index in [1.807, 2.05) is 18.2 Å². The molecule has 0 radical (unpaired) electrons. The van der Waals surface area contributed by atoms with Gasteiger partial charge in [-0.1, -0.05) is 42.5 Å². The van der Waals surface area contributed by atoms with E-state index in [2.05, 4.69) is 34.2 Å². The second-order valence-corrected chi connectivity index (χ2v) is 7.11. The fourth-order valence-electron chi connectivity index (χ4n) is 3.60. The van der Waals surface area contributed by atoms with Crippen molar-refractivity contribution in [3.05, 3.63) is 71.6 Å². The number of fused-ring (bicyclic) bond motifs is 1. The number of pyridine rings is 1. The van der Waals surface area contributed by atoms with Crippen molar-refractivity contribution < 1.29 is 14.4 Å². The highest BCUT2D eigenvalue weighted by atomic mass is 16.2. The van der Waals surface area contributed by atoms with Crippen LogP contribution in [0.2, 0.25) is 0 Å². The van der Waals surface area contributed by atoms with Gasteiger partial charge in [-0.05, 0) is 11.6 Å². The van der Waals surface area contributed by atoms with Crippen molar-refractivity contribution in [2.45, 2.75) is 0 Å². The van der Waals surface area contributed by atoms with Gasteiger partial charge in [0.2, 0.25) is 5.91 Å². The molecule has 148 valence electrons. The molecule has 3 heterocycles. The molecule has 0 aliphatic carbocycles. The van der Waals surface area contributed by atoms with E-state index < -0.39 is 11.8 Å². The molecule has 1 fully saturated rings. The molecule has 2 aliphatic rings. The molecule has 0 bridgehead atoms. The number of imide groups is 1. The number of carbonyl (C=O) groups is 3. The molecule has 0 N–H and O–H groups in total. The molecule has 3 amide bonds. The number of hydrogen-bond donors (Lipinski definition) is 0. The standard InChI is InChI=1S/C22H22N4O3/c27-20(16-26-21(28)18-8-9-23-15-19(18)22(26)29)25-13-11-24(12-14-25)10-4-7-17-5-2-1-3-6-17/h1-9,15H,10-14,16H2/b7-4+. The van der Waals surface area contributed by atoms with Gasteiger partial charge in [-0.2, -0.15) is 0 Å². The summed E-state index contributed by atoms with van der Waals surface area (Å²) < 4.78 is 0. The first-order valence-electron chi connectivity index (χ1n) is 9.65. The van der Waals surface area contributed by atoms with Gasteiger partial charge in [-0.3, -0.25) is 29.2 Å². The SMILES string of the molecule is O=C(CN1C(=O)c2ccncc2C1=O)N1CCN(C/C=C/c2ccccc2)CC1. The third-order valence-corrected chi connectivity index (χ3v) is 5.26. The smallest absolute Gasteiger partial charge is 0.263 e. The van der Waals surface area contributed by atoms with Gasteiger partial charge >= 0.3 is 0 Å². The van der Waals surface area contributed by atoms with Gasteiger partial charge in [0.05, 0.1) is 11.1 Å². The van der Waals surface area contributed by atoms with Gasteiger partial charge in [-0.25, -0.2) is 0 Å². The summed E-state index contributed by atoms with van der Waals surface area (Å²) in [5.41, 5.74) is 1.74. The van der Waals surface area contributed by atoms with Crippen LogP contribution in [0.15, 0.2) is 54.9 Å². The van der Waals surface area contributed by atoms with Crippen LogP contribution in [0.1, 0.15) is 26.3 Å². The molecule has 1 saturated heterocycles. The zero-order valence-corrected chi connectivity index (χ0v) is 16.0. The van der Waals surface area contributed by atoms with E-state index in [4.69, 9.17) is 0 Å². The Bertz CT molecular complexity index is 915. The van der Waals surface area contributed by atoms with Crippen LogP contribution in [0, 0.1) is 0 Å². The molecule has 7 nitrogen and oxygen atoms in total. The number of nitrogens with zero attached hydrogens (tertiary/aromatic N) is 4. The van der Waals surface area contributed by atoms with Crippen LogP contribution in [0.3, 0.4) is 0 Å². The minimum atomic E-state index is -0.448. The van der Waals surface area contributed by atoms with Crippen LogP contribution in [0.5, 0.6) is 0 Å². The highest BCUT2D eigenvalue weighted by Crippen LogP contribution is 2.21. The number of hydrogen-bond acceptors (Lipinski definition) is 5. The number of benzene rings is 1. The maximum atomic E-state index is 12.6.